The Hall–Kier alpha value is -1.35. The highest BCUT2D eigenvalue weighted by Gasteiger charge is 2.33. The van der Waals surface area contributed by atoms with Gasteiger partial charge < -0.3 is 10.2 Å². The molecule has 1 aromatic carbocycles. The van der Waals surface area contributed by atoms with Gasteiger partial charge in [-0.25, -0.2) is 0 Å². The summed E-state index contributed by atoms with van der Waals surface area (Å²) in [6, 6.07) is 6.74. The lowest BCUT2D eigenvalue weighted by atomic mass is 9.81. The Morgan fingerprint density at radius 2 is 2.05 bits per heavy atom. The van der Waals surface area contributed by atoms with Gasteiger partial charge in [0.2, 0.25) is 0 Å². The van der Waals surface area contributed by atoms with E-state index in [4.69, 9.17) is 0 Å². The number of hydrogen-bond donors (Lipinski definition) is 1. The standard InChI is InChI=1S/C18H26N2O/c1-12(2)19-16-5-4-14-8-15-11-20(3)7-6-13(15)9-18(21)17(14)10-16/h4-5,10,12-13,15,19H,6-9,11H2,1-3H3/t13-,15+/m1/s1. The highest BCUT2D eigenvalue weighted by molar-refractivity contribution is 5.99. The molecule has 1 N–H and O–H groups in total. The first-order valence-corrected chi connectivity index (χ1v) is 8.14. The van der Waals surface area contributed by atoms with Crippen LogP contribution in [0.25, 0.3) is 0 Å². The molecule has 0 amide bonds. The summed E-state index contributed by atoms with van der Waals surface area (Å²) in [7, 11) is 2.19. The fraction of sp³-hybridized carbons (Fsp3) is 0.611. The summed E-state index contributed by atoms with van der Waals surface area (Å²) in [5.74, 6) is 1.55. The summed E-state index contributed by atoms with van der Waals surface area (Å²) in [5.41, 5.74) is 3.27. The van der Waals surface area contributed by atoms with Crippen molar-refractivity contribution in [3.63, 3.8) is 0 Å². The van der Waals surface area contributed by atoms with Crippen LogP contribution in [0.1, 0.15) is 42.6 Å². The largest absolute Gasteiger partial charge is 0.383 e. The van der Waals surface area contributed by atoms with Gasteiger partial charge in [0.25, 0.3) is 0 Å². The zero-order valence-corrected chi connectivity index (χ0v) is 13.4. The fourth-order valence-corrected chi connectivity index (χ4v) is 3.83. The highest BCUT2D eigenvalue weighted by atomic mass is 16.1. The van der Waals surface area contributed by atoms with Crippen molar-refractivity contribution in [3.05, 3.63) is 29.3 Å². The quantitative estimate of drug-likeness (QED) is 0.906. The van der Waals surface area contributed by atoms with Crippen LogP contribution in [-0.4, -0.2) is 36.9 Å². The third-order valence-electron chi connectivity index (χ3n) is 4.89. The second-order valence-electron chi connectivity index (χ2n) is 7.07. The van der Waals surface area contributed by atoms with Crippen LogP contribution in [0.2, 0.25) is 0 Å². The average molecular weight is 286 g/mol. The molecule has 114 valence electrons. The van der Waals surface area contributed by atoms with E-state index >= 15 is 0 Å². The molecule has 1 heterocycles. The minimum atomic E-state index is 0.342. The molecule has 21 heavy (non-hydrogen) atoms. The number of ketones is 1. The Morgan fingerprint density at radius 1 is 1.24 bits per heavy atom. The number of rotatable bonds is 2. The predicted octanol–water partition coefficient (Wildman–Crippen LogP) is 3.20. The molecule has 0 saturated carbocycles. The molecule has 0 unspecified atom stereocenters. The van der Waals surface area contributed by atoms with Crippen LogP contribution in [-0.2, 0) is 6.42 Å². The fourth-order valence-electron chi connectivity index (χ4n) is 3.83. The summed E-state index contributed by atoms with van der Waals surface area (Å²) in [6.07, 6.45) is 2.95. The number of fused-ring (bicyclic) bond motifs is 2. The molecule has 1 aliphatic carbocycles. The maximum atomic E-state index is 12.6. The van der Waals surface area contributed by atoms with Gasteiger partial charge in [0.05, 0.1) is 0 Å². The molecule has 0 radical (unpaired) electrons. The summed E-state index contributed by atoms with van der Waals surface area (Å²) >= 11 is 0. The van der Waals surface area contributed by atoms with E-state index < -0.39 is 0 Å². The van der Waals surface area contributed by atoms with E-state index in [1.54, 1.807) is 0 Å². The second kappa shape index (κ2) is 5.80. The van der Waals surface area contributed by atoms with Crippen LogP contribution in [0, 0.1) is 11.8 Å². The average Bonchev–Trinajstić information content (AvgIpc) is 2.55. The van der Waals surface area contributed by atoms with E-state index in [1.165, 1.54) is 5.56 Å². The molecule has 0 spiro atoms. The number of nitrogens with one attached hydrogen (secondary N) is 1. The monoisotopic (exact) mass is 286 g/mol. The van der Waals surface area contributed by atoms with Crippen LogP contribution in [0.15, 0.2) is 18.2 Å². The number of nitrogens with zero attached hydrogens (tertiary/aromatic N) is 1. The number of likely N-dealkylation sites (tertiary alicyclic amines) is 1. The summed E-state index contributed by atoms with van der Waals surface area (Å²) in [4.78, 5) is 15.0. The van der Waals surface area contributed by atoms with Crippen molar-refractivity contribution in [2.75, 3.05) is 25.5 Å². The molecule has 2 aliphatic rings. The summed E-state index contributed by atoms with van der Waals surface area (Å²) < 4.78 is 0. The van der Waals surface area contributed by atoms with Gasteiger partial charge in [0, 0.05) is 30.3 Å². The molecule has 2 atom stereocenters. The first-order chi connectivity index (χ1) is 10.0. The van der Waals surface area contributed by atoms with E-state index in [9.17, 15) is 4.79 Å². The minimum absolute atomic E-state index is 0.342. The Kier molecular flexibility index (Phi) is 4.03. The molecule has 3 nitrogen and oxygen atoms in total. The van der Waals surface area contributed by atoms with E-state index in [0.29, 0.717) is 23.7 Å². The molecule has 3 rings (SSSR count). The van der Waals surface area contributed by atoms with Crippen LogP contribution < -0.4 is 5.32 Å². The lowest BCUT2D eigenvalue weighted by Crippen LogP contribution is -2.38. The molecule has 3 heteroatoms. The molecular weight excluding hydrogens is 260 g/mol. The lowest BCUT2D eigenvalue weighted by molar-refractivity contribution is 0.0890. The Morgan fingerprint density at radius 3 is 2.81 bits per heavy atom. The predicted molar refractivity (Wildman–Crippen MR) is 86.9 cm³/mol. The third-order valence-corrected chi connectivity index (χ3v) is 4.89. The van der Waals surface area contributed by atoms with Crippen LogP contribution in [0.4, 0.5) is 5.69 Å². The Labute approximate surface area is 127 Å². The number of anilines is 1. The number of piperidine rings is 1. The second-order valence-corrected chi connectivity index (χ2v) is 7.07. The van der Waals surface area contributed by atoms with Crippen molar-refractivity contribution >= 4 is 11.5 Å². The number of hydrogen-bond acceptors (Lipinski definition) is 3. The van der Waals surface area contributed by atoms with Gasteiger partial charge >= 0.3 is 0 Å². The molecular formula is C18H26N2O. The van der Waals surface area contributed by atoms with Crippen LogP contribution >= 0.6 is 0 Å². The molecule has 1 aromatic rings. The smallest absolute Gasteiger partial charge is 0.163 e. The first kappa shape index (κ1) is 14.6. The molecule has 1 fully saturated rings. The van der Waals surface area contributed by atoms with E-state index in [0.717, 1.165) is 43.6 Å². The SMILES string of the molecule is CC(C)Nc1ccc2c(c1)C(=O)C[C@H]1CCN(C)C[C@@H]1C2. The van der Waals surface area contributed by atoms with Gasteiger partial charge in [-0.2, -0.15) is 0 Å². The molecule has 1 saturated heterocycles. The number of benzene rings is 1. The zero-order chi connectivity index (χ0) is 15.0. The minimum Gasteiger partial charge on any atom is -0.383 e. The zero-order valence-electron chi connectivity index (χ0n) is 13.4. The van der Waals surface area contributed by atoms with E-state index in [2.05, 4.69) is 49.3 Å². The Balaban J connectivity index is 1.88. The van der Waals surface area contributed by atoms with Crippen molar-refractivity contribution in [1.29, 1.82) is 0 Å². The Bertz CT molecular complexity index is 538. The van der Waals surface area contributed by atoms with E-state index in [-0.39, 0.29) is 0 Å². The number of carbonyl (C=O) groups excluding carboxylic acids is 1. The topological polar surface area (TPSA) is 32.3 Å². The number of Topliss-reactive ketones (excluding diaryl/α,β-unsaturated/α-hetero) is 1. The van der Waals surface area contributed by atoms with Crippen molar-refractivity contribution < 1.29 is 4.79 Å². The number of carbonyl (C=O) groups is 1. The van der Waals surface area contributed by atoms with Gasteiger partial charge in [0.1, 0.15) is 0 Å². The third kappa shape index (κ3) is 3.13. The van der Waals surface area contributed by atoms with E-state index in [1.807, 2.05) is 0 Å². The highest BCUT2D eigenvalue weighted by Crippen LogP contribution is 2.35. The van der Waals surface area contributed by atoms with Crippen molar-refractivity contribution in [2.45, 2.75) is 39.2 Å². The molecule has 1 aliphatic heterocycles. The van der Waals surface area contributed by atoms with Crippen molar-refractivity contribution in [1.82, 2.24) is 4.90 Å². The van der Waals surface area contributed by atoms with Gasteiger partial charge in [-0.3, -0.25) is 4.79 Å². The molecule has 0 aromatic heterocycles. The maximum Gasteiger partial charge on any atom is 0.163 e. The maximum absolute atomic E-state index is 12.6. The summed E-state index contributed by atoms with van der Waals surface area (Å²) in [6.45, 7) is 6.50. The van der Waals surface area contributed by atoms with Crippen molar-refractivity contribution in [3.8, 4) is 0 Å². The molecule has 0 bridgehead atoms. The van der Waals surface area contributed by atoms with Crippen LogP contribution in [0.5, 0.6) is 0 Å². The van der Waals surface area contributed by atoms with Gasteiger partial charge in [-0.05, 0) is 69.8 Å². The summed E-state index contributed by atoms with van der Waals surface area (Å²) in [5, 5.41) is 3.41. The lowest BCUT2D eigenvalue weighted by Gasteiger charge is -2.35. The van der Waals surface area contributed by atoms with Gasteiger partial charge in [-0.1, -0.05) is 6.07 Å². The van der Waals surface area contributed by atoms with Gasteiger partial charge in [-0.15, -0.1) is 0 Å². The first-order valence-electron chi connectivity index (χ1n) is 8.14. The van der Waals surface area contributed by atoms with Crippen LogP contribution in [0.3, 0.4) is 0 Å². The van der Waals surface area contributed by atoms with Crippen molar-refractivity contribution in [2.24, 2.45) is 11.8 Å². The normalized spacial score (nSPS) is 26.2. The van der Waals surface area contributed by atoms with Gasteiger partial charge in [0.15, 0.2) is 5.78 Å².